The number of fused-ring (bicyclic) bond motifs is 1. The van der Waals surface area contributed by atoms with Crippen molar-refractivity contribution in [3.63, 3.8) is 0 Å². The molecule has 5 rings (SSSR count). The summed E-state index contributed by atoms with van der Waals surface area (Å²) in [5, 5.41) is 11.6. The van der Waals surface area contributed by atoms with Crippen LogP contribution in [-0.2, 0) is 16.3 Å². The van der Waals surface area contributed by atoms with Crippen molar-refractivity contribution < 1.29 is 27.9 Å². The van der Waals surface area contributed by atoms with E-state index in [4.69, 9.17) is 14.9 Å². The fourth-order valence-corrected chi connectivity index (χ4v) is 5.68. The molecular formula is C24H21F3N4O3S. The van der Waals surface area contributed by atoms with Crippen LogP contribution >= 0.6 is 11.3 Å². The highest BCUT2D eigenvalue weighted by Gasteiger charge is 2.39. The number of hydroxylamine groups is 1. The third-order valence-electron chi connectivity index (χ3n) is 6.42. The van der Waals surface area contributed by atoms with Gasteiger partial charge in [-0.2, -0.15) is 13.2 Å². The van der Waals surface area contributed by atoms with Gasteiger partial charge in [-0.3, -0.25) is 14.4 Å². The second-order valence-electron chi connectivity index (χ2n) is 8.44. The second-order valence-corrected chi connectivity index (χ2v) is 9.30. The monoisotopic (exact) mass is 502 g/mol. The van der Waals surface area contributed by atoms with Crippen LogP contribution in [0.4, 0.5) is 13.2 Å². The summed E-state index contributed by atoms with van der Waals surface area (Å²) in [6, 6.07) is 9.34. The molecule has 35 heavy (non-hydrogen) atoms. The number of thiazole rings is 1. The number of amides is 1. The van der Waals surface area contributed by atoms with E-state index in [-0.39, 0.29) is 0 Å². The molecule has 7 nitrogen and oxygen atoms in total. The van der Waals surface area contributed by atoms with Crippen LogP contribution in [0.1, 0.15) is 45.0 Å². The Balaban J connectivity index is 1.59. The molecule has 1 aromatic carbocycles. The van der Waals surface area contributed by atoms with E-state index in [0.29, 0.717) is 54.3 Å². The minimum Gasteiger partial charge on any atom is -0.381 e. The van der Waals surface area contributed by atoms with Crippen LogP contribution in [0.5, 0.6) is 0 Å². The number of imidazole rings is 1. The second kappa shape index (κ2) is 8.74. The lowest BCUT2D eigenvalue weighted by atomic mass is 9.74. The molecule has 182 valence electrons. The van der Waals surface area contributed by atoms with E-state index in [2.05, 4.69) is 4.98 Å². The first-order valence-corrected chi connectivity index (χ1v) is 11.8. The summed E-state index contributed by atoms with van der Waals surface area (Å²) in [7, 11) is 0. The van der Waals surface area contributed by atoms with Crippen molar-refractivity contribution >= 4 is 22.9 Å². The van der Waals surface area contributed by atoms with E-state index in [1.165, 1.54) is 21.8 Å². The molecule has 11 heteroatoms. The van der Waals surface area contributed by atoms with E-state index in [1.54, 1.807) is 24.5 Å². The van der Waals surface area contributed by atoms with Crippen molar-refractivity contribution in [3.8, 4) is 11.4 Å². The molecule has 0 radical (unpaired) electrons. The fourth-order valence-electron chi connectivity index (χ4n) is 4.59. The molecule has 4 aromatic rings. The van der Waals surface area contributed by atoms with Crippen LogP contribution in [0.15, 0.2) is 48.0 Å². The van der Waals surface area contributed by atoms with Gasteiger partial charge >= 0.3 is 6.18 Å². The summed E-state index contributed by atoms with van der Waals surface area (Å²) in [6.07, 6.45) is -2.09. The first kappa shape index (κ1) is 23.5. The lowest BCUT2D eigenvalue weighted by Crippen LogP contribution is -2.35. The molecule has 2 N–H and O–H groups in total. The average Bonchev–Trinajstić information content (AvgIpc) is 3.47. The molecular weight excluding hydrogens is 481 g/mol. The van der Waals surface area contributed by atoms with Gasteiger partial charge in [0.1, 0.15) is 16.3 Å². The van der Waals surface area contributed by atoms with Gasteiger partial charge in [-0.15, -0.1) is 11.3 Å². The van der Waals surface area contributed by atoms with Gasteiger partial charge in [-0.05, 0) is 49.6 Å². The Hall–Kier alpha value is -3.28. The van der Waals surface area contributed by atoms with Crippen molar-refractivity contribution in [1.82, 2.24) is 19.8 Å². The molecule has 0 saturated carbocycles. The van der Waals surface area contributed by atoms with Crippen LogP contribution in [0.2, 0.25) is 0 Å². The molecule has 3 aromatic heterocycles. The van der Waals surface area contributed by atoms with Gasteiger partial charge in [-0.1, -0.05) is 12.1 Å². The number of ether oxygens (including phenoxy) is 1. The predicted octanol–water partition coefficient (Wildman–Crippen LogP) is 5.00. The Bertz CT molecular complexity index is 1390. The Morgan fingerprint density at radius 3 is 2.51 bits per heavy atom. The van der Waals surface area contributed by atoms with Gasteiger partial charge in [0.25, 0.3) is 5.91 Å². The number of pyridine rings is 1. The molecule has 0 bridgehead atoms. The normalized spacial score (nSPS) is 15.9. The highest BCUT2D eigenvalue weighted by atomic mass is 32.1. The molecule has 0 spiro atoms. The number of rotatable bonds is 4. The number of halogens is 3. The van der Waals surface area contributed by atoms with E-state index >= 15 is 0 Å². The molecule has 0 unspecified atom stereocenters. The summed E-state index contributed by atoms with van der Waals surface area (Å²) in [5.41, 5.74) is 3.74. The van der Waals surface area contributed by atoms with Crippen LogP contribution in [-0.4, -0.2) is 38.7 Å². The first-order chi connectivity index (χ1) is 16.7. The molecule has 1 aliphatic rings. The van der Waals surface area contributed by atoms with Crippen molar-refractivity contribution in [2.24, 2.45) is 0 Å². The van der Waals surface area contributed by atoms with Crippen molar-refractivity contribution in [3.05, 3.63) is 75.4 Å². The van der Waals surface area contributed by atoms with E-state index in [9.17, 15) is 18.0 Å². The predicted molar refractivity (Wildman–Crippen MR) is 123 cm³/mol. The van der Waals surface area contributed by atoms with Crippen LogP contribution < -0.4 is 5.48 Å². The molecule has 1 saturated heterocycles. The quantitative estimate of drug-likeness (QED) is 0.303. The summed E-state index contributed by atoms with van der Waals surface area (Å²) in [6.45, 7) is 2.80. The lowest BCUT2D eigenvalue weighted by Gasteiger charge is -2.36. The van der Waals surface area contributed by atoms with Crippen molar-refractivity contribution in [2.75, 3.05) is 13.2 Å². The third-order valence-corrected chi connectivity index (χ3v) is 7.47. The number of carbonyl (C=O) groups is 1. The SMILES string of the molecule is Cc1nc2ccc(C(F)(F)F)cn2c1-c1csc(C2(c3ccc(C(=O)NO)cc3)CCOCC2)n1. The van der Waals surface area contributed by atoms with E-state index in [1.807, 2.05) is 17.5 Å². The zero-order chi connectivity index (χ0) is 24.8. The average molecular weight is 503 g/mol. The number of benzene rings is 1. The van der Waals surface area contributed by atoms with Gasteiger partial charge in [0.15, 0.2) is 0 Å². The van der Waals surface area contributed by atoms with Crippen LogP contribution in [0.3, 0.4) is 0 Å². The maximum absolute atomic E-state index is 13.3. The van der Waals surface area contributed by atoms with E-state index in [0.717, 1.165) is 22.8 Å². The molecule has 0 aliphatic carbocycles. The van der Waals surface area contributed by atoms with Gasteiger partial charge in [0.05, 0.1) is 22.4 Å². The number of aryl methyl sites for hydroxylation is 1. The van der Waals surface area contributed by atoms with Gasteiger partial charge in [0.2, 0.25) is 0 Å². The van der Waals surface area contributed by atoms with Gasteiger partial charge in [-0.25, -0.2) is 15.4 Å². The van der Waals surface area contributed by atoms with Crippen LogP contribution in [0.25, 0.3) is 17.0 Å². The van der Waals surface area contributed by atoms with Crippen molar-refractivity contribution in [2.45, 2.75) is 31.4 Å². The summed E-state index contributed by atoms with van der Waals surface area (Å²) >= 11 is 1.44. The number of carbonyl (C=O) groups excluding carboxylic acids is 1. The lowest BCUT2D eigenvalue weighted by molar-refractivity contribution is -0.137. The maximum Gasteiger partial charge on any atom is 0.417 e. The molecule has 4 heterocycles. The number of hydrogen-bond acceptors (Lipinski definition) is 6. The summed E-state index contributed by atoms with van der Waals surface area (Å²) in [5.74, 6) is -0.601. The standard InChI is InChI=1S/C24H21F3N4O3S/c1-14-20(31-12-17(24(25,26)27)6-7-19(31)28-14)18-13-35-22(29-18)23(8-10-34-11-9-23)16-4-2-15(3-5-16)21(32)30-33/h2-7,12-13,33H,8-11H2,1H3,(H,30,32). The Labute approximate surface area is 202 Å². The number of hydrogen-bond donors (Lipinski definition) is 2. The van der Waals surface area contributed by atoms with Gasteiger partial charge in [0, 0.05) is 30.4 Å². The molecule has 1 fully saturated rings. The maximum atomic E-state index is 13.3. The summed E-state index contributed by atoms with van der Waals surface area (Å²) in [4.78, 5) is 21.1. The zero-order valence-electron chi connectivity index (χ0n) is 18.6. The topological polar surface area (TPSA) is 88.8 Å². The zero-order valence-corrected chi connectivity index (χ0v) is 19.4. The summed E-state index contributed by atoms with van der Waals surface area (Å²) < 4.78 is 47.1. The van der Waals surface area contributed by atoms with Crippen LogP contribution in [0, 0.1) is 6.92 Å². The molecule has 1 amide bonds. The minimum absolute atomic E-state index is 0.320. The van der Waals surface area contributed by atoms with Gasteiger partial charge < -0.3 is 4.74 Å². The first-order valence-electron chi connectivity index (χ1n) is 10.9. The van der Waals surface area contributed by atoms with Crippen molar-refractivity contribution in [1.29, 1.82) is 0 Å². The number of alkyl halides is 3. The Morgan fingerprint density at radius 2 is 1.86 bits per heavy atom. The van der Waals surface area contributed by atoms with E-state index < -0.39 is 23.1 Å². The smallest absolute Gasteiger partial charge is 0.381 e. The number of nitrogens with zero attached hydrogens (tertiary/aromatic N) is 3. The number of aromatic nitrogens is 3. The minimum atomic E-state index is -4.47. The highest BCUT2D eigenvalue weighted by Crippen LogP contribution is 2.44. The third kappa shape index (κ3) is 4.09. The Morgan fingerprint density at radius 1 is 1.14 bits per heavy atom. The number of nitrogens with one attached hydrogen (secondary N) is 1. The Kier molecular flexibility index (Phi) is 5.86. The molecule has 0 atom stereocenters. The fraction of sp³-hybridized carbons (Fsp3) is 0.292. The largest absolute Gasteiger partial charge is 0.417 e. The molecule has 1 aliphatic heterocycles. The highest BCUT2D eigenvalue weighted by molar-refractivity contribution is 7.10.